The van der Waals surface area contributed by atoms with E-state index in [-0.39, 0.29) is 12.5 Å². The van der Waals surface area contributed by atoms with Gasteiger partial charge in [0.1, 0.15) is 5.75 Å². The number of carbonyl (C=O) groups excluding carboxylic acids is 1. The highest BCUT2D eigenvalue weighted by molar-refractivity contribution is 6.35. The summed E-state index contributed by atoms with van der Waals surface area (Å²) >= 11 is 11.6. The van der Waals surface area contributed by atoms with Gasteiger partial charge in [-0.3, -0.25) is 0 Å². The van der Waals surface area contributed by atoms with Gasteiger partial charge >= 0.3 is 5.97 Å². The second kappa shape index (κ2) is 6.36. The van der Waals surface area contributed by atoms with Crippen molar-refractivity contribution in [1.29, 1.82) is 0 Å². The molecule has 19 heavy (non-hydrogen) atoms. The van der Waals surface area contributed by atoms with Crippen molar-refractivity contribution < 1.29 is 14.3 Å². The van der Waals surface area contributed by atoms with Crippen LogP contribution in [0, 0.1) is 0 Å². The molecule has 0 saturated carbocycles. The molecule has 0 spiro atoms. The van der Waals surface area contributed by atoms with E-state index in [1.54, 1.807) is 18.2 Å². The first-order chi connectivity index (χ1) is 9.15. The van der Waals surface area contributed by atoms with Crippen LogP contribution in [-0.4, -0.2) is 22.8 Å². The van der Waals surface area contributed by atoms with Gasteiger partial charge in [0, 0.05) is 17.3 Å². The Balaban J connectivity index is 1.90. The molecule has 98 valence electrons. The first-order valence-electron chi connectivity index (χ1n) is 5.21. The summed E-state index contributed by atoms with van der Waals surface area (Å²) in [5, 5.41) is 7.99. The molecule has 0 saturated heterocycles. The summed E-state index contributed by atoms with van der Waals surface area (Å²) in [6.45, 7) is -0.294. The summed E-state index contributed by atoms with van der Waals surface area (Å²) in [4.78, 5) is 11.5. The standard InChI is InChI=1S/C12H8Cl2N2O3/c13-8-3-4-10(9(14)6-8)18-7-12(17)19-11-2-1-5-15-16-11/h1-6H,7H2. The molecule has 7 heteroatoms. The van der Waals surface area contributed by atoms with Crippen LogP contribution in [0.3, 0.4) is 0 Å². The molecule has 5 nitrogen and oxygen atoms in total. The quantitative estimate of drug-likeness (QED) is 0.812. The number of rotatable bonds is 4. The lowest BCUT2D eigenvalue weighted by atomic mass is 10.3. The monoisotopic (exact) mass is 298 g/mol. The maximum atomic E-state index is 11.5. The van der Waals surface area contributed by atoms with Gasteiger partial charge in [0.15, 0.2) is 6.61 Å². The van der Waals surface area contributed by atoms with Crippen LogP contribution in [0.4, 0.5) is 0 Å². The first kappa shape index (κ1) is 13.6. The molecule has 1 heterocycles. The predicted molar refractivity (Wildman–Crippen MR) is 69.6 cm³/mol. The molecule has 0 N–H and O–H groups in total. The minimum absolute atomic E-state index is 0.110. The highest BCUT2D eigenvalue weighted by atomic mass is 35.5. The molecule has 0 aliphatic heterocycles. The van der Waals surface area contributed by atoms with Gasteiger partial charge in [-0.2, -0.15) is 5.10 Å². The van der Waals surface area contributed by atoms with E-state index in [0.29, 0.717) is 15.8 Å². The smallest absolute Gasteiger partial charge is 0.350 e. The van der Waals surface area contributed by atoms with Crippen molar-refractivity contribution in [3.8, 4) is 11.6 Å². The summed E-state index contributed by atoms with van der Waals surface area (Å²) in [6, 6.07) is 7.82. The number of carbonyl (C=O) groups is 1. The van der Waals surface area contributed by atoms with Crippen LogP contribution in [0.15, 0.2) is 36.5 Å². The van der Waals surface area contributed by atoms with Gasteiger partial charge in [-0.05, 0) is 24.3 Å². The maximum Gasteiger partial charge on any atom is 0.350 e. The van der Waals surface area contributed by atoms with Crippen LogP contribution in [0.5, 0.6) is 11.6 Å². The third-order valence-electron chi connectivity index (χ3n) is 2.01. The molecule has 0 fully saturated rings. The molecule has 0 atom stereocenters. The van der Waals surface area contributed by atoms with Crippen molar-refractivity contribution in [2.24, 2.45) is 0 Å². The van der Waals surface area contributed by atoms with Crippen molar-refractivity contribution in [3.63, 3.8) is 0 Å². The number of benzene rings is 1. The SMILES string of the molecule is O=C(COc1ccc(Cl)cc1Cl)Oc1cccnn1. The second-order valence-corrected chi connectivity index (χ2v) is 4.24. The van der Waals surface area contributed by atoms with Crippen LogP contribution < -0.4 is 9.47 Å². The summed E-state index contributed by atoms with van der Waals surface area (Å²) < 4.78 is 10.1. The number of aromatic nitrogens is 2. The van der Waals surface area contributed by atoms with Gasteiger partial charge < -0.3 is 9.47 Å². The molecular formula is C12H8Cl2N2O3. The molecule has 2 aromatic rings. The largest absolute Gasteiger partial charge is 0.480 e. The molecule has 1 aromatic carbocycles. The lowest BCUT2D eigenvalue weighted by Gasteiger charge is -2.07. The zero-order chi connectivity index (χ0) is 13.7. The van der Waals surface area contributed by atoms with Crippen LogP contribution in [0.1, 0.15) is 0 Å². The fraction of sp³-hybridized carbons (Fsp3) is 0.0833. The normalized spacial score (nSPS) is 10.0. The van der Waals surface area contributed by atoms with E-state index >= 15 is 0 Å². The zero-order valence-corrected chi connectivity index (χ0v) is 11.1. The van der Waals surface area contributed by atoms with Gasteiger partial charge in [0.2, 0.25) is 5.88 Å². The number of hydrogen-bond acceptors (Lipinski definition) is 5. The molecule has 0 aliphatic carbocycles. The number of halogens is 2. The third-order valence-corrected chi connectivity index (χ3v) is 2.54. The number of nitrogens with zero attached hydrogens (tertiary/aromatic N) is 2. The molecule has 1 aromatic heterocycles. The lowest BCUT2D eigenvalue weighted by Crippen LogP contribution is -2.18. The van der Waals surface area contributed by atoms with Gasteiger partial charge in [-0.15, -0.1) is 5.10 Å². The van der Waals surface area contributed by atoms with Crippen LogP contribution in [-0.2, 0) is 4.79 Å². The third kappa shape index (κ3) is 4.08. The van der Waals surface area contributed by atoms with Gasteiger partial charge in [-0.25, -0.2) is 4.79 Å². The van der Waals surface area contributed by atoms with Gasteiger partial charge in [0.25, 0.3) is 0 Å². The highest BCUT2D eigenvalue weighted by Gasteiger charge is 2.09. The molecule has 0 bridgehead atoms. The van der Waals surface area contributed by atoms with E-state index in [0.717, 1.165) is 0 Å². The molecular weight excluding hydrogens is 291 g/mol. The Morgan fingerprint density at radius 1 is 1.26 bits per heavy atom. The summed E-state index contributed by atoms with van der Waals surface area (Å²) in [5.74, 6) is -0.146. The van der Waals surface area contributed by atoms with Crippen molar-refractivity contribution in [3.05, 3.63) is 46.6 Å². The Kier molecular flexibility index (Phi) is 4.54. The molecule has 2 rings (SSSR count). The Hall–Kier alpha value is -1.85. The zero-order valence-electron chi connectivity index (χ0n) is 9.55. The van der Waals surface area contributed by atoms with E-state index in [1.165, 1.54) is 18.3 Å². The van der Waals surface area contributed by atoms with E-state index in [9.17, 15) is 4.79 Å². The topological polar surface area (TPSA) is 61.3 Å². The van der Waals surface area contributed by atoms with E-state index < -0.39 is 5.97 Å². The van der Waals surface area contributed by atoms with Gasteiger partial charge in [-0.1, -0.05) is 23.2 Å². The average molecular weight is 299 g/mol. The fourth-order valence-corrected chi connectivity index (χ4v) is 1.68. The molecule has 0 unspecified atom stereocenters. The summed E-state index contributed by atoms with van der Waals surface area (Å²) in [7, 11) is 0. The van der Waals surface area contributed by atoms with E-state index in [1.807, 2.05) is 0 Å². The Morgan fingerprint density at radius 3 is 2.79 bits per heavy atom. The van der Waals surface area contributed by atoms with Gasteiger partial charge in [0.05, 0.1) is 5.02 Å². The minimum Gasteiger partial charge on any atom is -0.480 e. The minimum atomic E-state index is -0.605. The predicted octanol–water partition coefficient (Wildman–Crippen LogP) is 2.77. The average Bonchev–Trinajstić information content (AvgIpc) is 2.39. The lowest BCUT2D eigenvalue weighted by molar-refractivity contribution is -0.136. The van der Waals surface area contributed by atoms with E-state index in [4.69, 9.17) is 32.7 Å². The molecule has 0 radical (unpaired) electrons. The van der Waals surface area contributed by atoms with Crippen molar-refractivity contribution in [2.75, 3.05) is 6.61 Å². The van der Waals surface area contributed by atoms with Crippen molar-refractivity contribution in [1.82, 2.24) is 10.2 Å². The molecule has 0 aliphatic rings. The van der Waals surface area contributed by atoms with Crippen LogP contribution in [0.2, 0.25) is 10.0 Å². The highest BCUT2D eigenvalue weighted by Crippen LogP contribution is 2.27. The fourth-order valence-electron chi connectivity index (χ4n) is 1.22. The Labute approximate surface area is 119 Å². The first-order valence-corrected chi connectivity index (χ1v) is 5.97. The van der Waals surface area contributed by atoms with Crippen molar-refractivity contribution >= 4 is 29.2 Å². The summed E-state index contributed by atoms with van der Waals surface area (Å²) in [5.41, 5.74) is 0. The van der Waals surface area contributed by atoms with E-state index in [2.05, 4.69) is 10.2 Å². The second-order valence-electron chi connectivity index (χ2n) is 3.40. The Morgan fingerprint density at radius 2 is 2.11 bits per heavy atom. The van der Waals surface area contributed by atoms with Crippen LogP contribution >= 0.6 is 23.2 Å². The maximum absolute atomic E-state index is 11.5. The number of esters is 1. The number of ether oxygens (including phenoxy) is 2. The van der Waals surface area contributed by atoms with Crippen molar-refractivity contribution in [2.45, 2.75) is 0 Å². The Bertz CT molecular complexity index is 578. The molecule has 0 amide bonds. The summed E-state index contributed by atoms with van der Waals surface area (Å²) in [6.07, 6.45) is 1.47. The number of hydrogen-bond donors (Lipinski definition) is 0. The van der Waals surface area contributed by atoms with Crippen LogP contribution in [0.25, 0.3) is 0 Å².